The van der Waals surface area contributed by atoms with Crippen molar-refractivity contribution in [3.05, 3.63) is 33.6 Å². The highest BCUT2D eigenvalue weighted by atomic mass is 35.5. The second-order valence-corrected chi connectivity index (χ2v) is 8.10. The van der Waals surface area contributed by atoms with E-state index in [9.17, 15) is 14.4 Å². The van der Waals surface area contributed by atoms with Gasteiger partial charge in [-0.15, -0.1) is 0 Å². The first-order chi connectivity index (χ1) is 12.7. The molecule has 0 aliphatic heterocycles. The van der Waals surface area contributed by atoms with Crippen molar-refractivity contribution in [3.63, 3.8) is 0 Å². The molecule has 0 aliphatic rings. The number of fused-ring (bicyclic) bond motifs is 1. The molecule has 0 unspecified atom stereocenters. The Kier molecular flexibility index (Phi) is 7.26. The van der Waals surface area contributed by atoms with Crippen LogP contribution in [0.1, 0.15) is 13.8 Å². The molecule has 146 valence electrons. The van der Waals surface area contributed by atoms with E-state index in [0.717, 1.165) is 0 Å². The molecule has 0 aliphatic carbocycles. The Balaban J connectivity index is 2.23. The van der Waals surface area contributed by atoms with Gasteiger partial charge in [0, 0.05) is 25.7 Å². The molecule has 0 radical (unpaired) electrons. The zero-order chi connectivity index (χ0) is 20.1. The first kappa shape index (κ1) is 21.2. The van der Waals surface area contributed by atoms with Crippen molar-refractivity contribution >= 4 is 46.1 Å². The number of carbonyl (C=O) groups excluding carboxylic acids is 2. The number of hydrogen-bond donors (Lipinski definition) is 1. The molecular weight excluding hydrogens is 388 g/mol. The number of rotatable bonds is 7. The zero-order valence-corrected chi connectivity index (χ0v) is 17.4. The maximum atomic E-state index is 12.9. The van der Waals surface area contributed by atoms with Crippen LogP contribution in [-0.4, -0.2) is 52.7 Å². The first-order valence-corrected chi connectivity index (χ1v) is 9.85. The fourth-order valence-electron chi connectivity index (χ4n) is 2.32. The van der Waals surface area contributed by atoms with E-state index in [1.54, 1.807) is 36.9 Å². The van der Waals surface area contributed by atoms with Gasteiger partial charge in [0.15, 0.2) is 5.16 Å². The van der Waals surface area contributed by atoms with E-state index in [1.807, 2.05) is 13.8 Å². The molecule has 1 aromatic carbocycles. The number of carbonyl (C=O) groups is 2. The van der Waals surface area contributed by atoms with Crippen molar-refractivity contribution in [3.8, 4) is 0 Å². The topological polar surface area (TPSA) is 84.3 Å². The number of nitrogens with one attached hydrogen (secondary N) is 1. The van der Waals surface area contributed by atoms with E-state index >= 15 is 0 Å². The van der Waals surface area contributed by atoms with Gasteiger partial charge < -0.3 is 10.2 Å². The predicted molar refractivity (Wildman–Crippen MR) is 108 cm³/mol. The molecule has 2 amide bonds. The average Bonchev–Trinajstić information content (AvgIpc) is 2.60. The molecule has 27 heavy (non-hydrogen) atoms. The van der Waals surface area contributed by atoms with Gasteiger partial charge in [-0.25, -0.2) is 4.98 Å². The van der Waals surface area contributed by atoms with Crippen LogP contribution < -0.4 is 10.9 Å². The van der Waals surface area contributed by atoms with Crippen molar-refractivity contribution in [2.24, 2.45) is 5.92 Å². The summed E-state index contributed by atoms with van der Waals surface area (Å²) >= 11 is 7.18. The summed E-state index contributed by atoms with van der Waals surface area (Å²) in [5.74, 6) is -0.195. The van der Waals surface area contributed by atoms with Gasteiger partial charge in [0.25, 0.3) is 5.56 Å². The lowest BCUT2D eigenvalue weighted by Crippen LogP contribution is -2.37. The van der Waals surface area contributed by atoms with Crippen molar-refractivity contribution in [1.82, 2.24) is 19.8 Å². The van der Waals surface area contributed by atoms with Gasteiger partial charge in [0.2, 0.25) is 11.8 Å². The van der Waals surface area contributed by atoms with Crippen LogP contribution >= 0.6 is 23.4 Å². The molecule has 2 rings (SSSR count). The maximum absolute atomic E-state index is 12.9. The third-order valence-corrected chi connectivity index (χ3v) is 4.91. The summed E-state index contributed by atoms with van der Waals surface area (Å²) in [6.07, 6.45) is 0. The lowest BCUT2D eigenvalue weighted by Gasteiger charge is -2.15. The quantitative estimate of drug-likeness (QED) is 0.557. The fourth-order valence-corrected chi connectivity index (χ4v) is 3.33. The summed E-state index contributed by atoms with van der Waals surface area (Å²) in [6.45, 7) is 4.43. The Morgan fingerprint density at radius 2 is 2.04 bits per heavy atom. The van der Waals surface area contributed by atoms with E-state index in [4.69, 9.17) is 11.6 Å². The summed E-state index contributed by atoms with van der Waals surface area (Å²) in [5, 5.41) is 3.97. The second-order valence-electron chi connectivity index (χ2n) is 6.72. The van der Waals surface area contributed by atoms with Gasteiger partial charge in [-0.1, -0.05) is 37.2 Å². The molecule has 0 atom stereocenters. The minimum Gasteiger partial charge on any atom is -0.347 e. The van der Waals surface area contributed by atoms with E-state index in [0.29, 0.717) is 27.6 Å². The number of amides is 2. The van der Waals surface area contributed by atoms with Crippen LogP contribution in [0.3, 0.4) is 0 Å². The Hall–Kier alpha value is -2.06. The smallest absolute Gasteiger partial charge is 0.262 e. The fraction of sp³-hybridized carbons (Fsp3) is 0.444. The Bertz CT molecular complexity index is 911. The van der Waals surface area contributed by atoms with Crippen LogP contribution in [0.15, 0.2) is 28.2 Å². The van der Waals surface area contributed by atoms with Gasteiger partial charge in [0.05, 0.1) is 23.2 Å². The predicted octanol–water partition coefficient (Wildman–Crippen LogP) is 2.00. The van der Waals surface area contributed by atoms with E-state index < -0.39 is 0 Å². The number of halogens is 1. The van der Waals surface area contributed by atoms with Crippen molar-refractivity contribution in [2.75, 3.05) is 26.4 Å². The second kappa shape index (κ2) is 9.23. The SMILES string of the molecule is CC(C)Cn1c(SCC(=O)NCC(=O)N(C)C)nc2ccc(Cl)cc2c1=O. The Labute approximate surface area is 167 Å². The first-order valence-electron chi connectivity index (χ1n) is 8.48. The molecule has 0 fully saturated rings. The van der Waals surface area contributed by atoms with Gasteiger partial charge >= 0.3 is 0 Å². The molecule has 7 nitrogen and oxygen atoms in total. The van der Waals surface area contributed by atoms with Crippen LogP contribution in [-0.2, 0) is 16.1 Å². The van der Waals surface area contributed by atoms with Gasteiger partial charge in [-0.3, -0.25) is 19.0 Å². The molecule has 0 saturated carbocycles. The molecular formula is C18H23ClN4O3S. The number of hydrogen-bond acceptors (Lipinski definition) is 5. The van der Waals surface area contributed by atoms with Gasteiger partial charge in [-0.05, 0) is 24.1 Å². The zero-order valence-electron chi connectivity index (χ0n) is 15.8. The number of nitrogens with zero attached hydrogens (tertiary/aromatic N) is 3. The lowest BCUT2D eigenvalue weighted by molar-refractivity contribution is -0.130. The molecule has 9 heteroatoms. The summed E-state index contributed by atoms with van der Waals surface area (Å²) in [6, 6.07) is 4.98. The Morgan fingerprint density at radius 1 is 1.33 bits per heavy atom. The van der Waals surface area contributed by atoms with Crippen LogP contribution in [0, 0.1) is 5.92 Å². The highest BCUT2D eigenvalue weighted by molar-refractivity contribution is 7.99. The van der Waals surface area contributed by atoms with Crippen LogP contribution in [0.5, 0.6) is 0 Å². The molecule has 2 aromatic rings. The number of aromatic nitrogens is 2. The number of likely N-dealkylation sites (N-methyl/N-ethyl adjacent to an activating group) is 1. The maximum Gasteiger partial charge on any atom is 0.262 e. The monoisotopic (exact) mass is 410 g/mol. The molecule has 0 bridgehead atoms. The number of thioether (sulfide) groups is 1. The van der Waals surface area contributed by atoms with E-state index in [-0.39, 0.29) is 35.6 Å². The van der Waals surface area contributed by atoms with Crippen LogP contribution in [0.4, 0.5) is 0 Å². The van der Waals surface area contributed by atoms with Gasteiger partial charge in [0.1, 0.15) is 0 Å². The van der Waals surface area contributed by atoms with E-state index in [2.05, 4.69) is 10.3 Å². The third-order valence-electron chi connectivity index (χ3n) is 3.70. The molecule has 1 heterocycles. The minimum atomic E-state index is -0.295. The standard InChI is InChI=1S/C18H23ClN4O3S/c1-11(2)9-23-17(26)13-7-12(19)5-6-14(13)21-18(23)27-10-15(24)20-8-16(25)22(3)4/h5-7,11H,8-10H2,1-4H3,(H,20,24). The van der Waals surface area contributed by atoms with E-state index in [1.165, 1.54) is 16.7 Å². The third kappa shape index (κ3) is 5.71. The van der Waals surface area contributed by atoms with Crippen LogP contribution in [0.2, 0.25) is 5.02 Å². The summed E-state index contributed by atoms with van der Waals surface area (Å²) in [4.78, 5) is 42.4. The molecule has 0 saturated heterocycles. The average molecular weight is 411 g/mol. The summed E-state index contributed by atoms with van der Waals surface area (Å²) in [7, 11) is 3.25. The molecule has 1 aromatic heterocycles. The highest BCUT2D eigenvalue weighted by Crippen LogP contribution is 2.21. The largest absolute Gasteiger partial charge is 0.347 e. The molecule has 0 spiro atoms. The van der Waals surface area contributed by atoms with Crippen molar-refractivity contribution < 1.29 is 9.59 Å². The summed E-state index contributed by atoms with van der Waals surface area (Å²) in [5.41, 5.74) is 0.358. The highest BCUT2D eigenvalue weighted by Gasteiger charge is 2.15. The normalized spacial score (nSPS) is 11.0. The minimum absolute atomic E-state index is 0.0599. The molecule has 1 N–H and O–H groups in total. The lowest BCUT2D eigenvalue weighted by atomic mass is 10.2. The van der Waals surface area contributed by atoms with Gasteiger partial charge in [-0.2, -0.15) is 0 Å². The Morgan fingerprint density at radius 3 is 2.67 bits per heavy atom. The van der Waals surface area contributed by atoms with Crippen molar-refractivity contribution in [2.45, 2.75) is 25.5 Å². The van der Waals surface area contributed by atoms with Crippen LogP contribution in [0.25, 0.3) is 10.9 Å². The summed E-state index contributed by atoms with van der Waals surface area (Å²) < 4.78 is 1.58. The number of benzene rings is 1. The van der Waals surface area contributed by atoms with Crippen molar-refractivity contribution in [1.29, 1.82) is 0 Å².